The summed E-state index contributed by atoms with van der Waals surface area (Å²) in [5.74, 6) is -0.197. The minimum atomic E-state index is -0.687. The van der Waals surface area contributed by atoms with Crippen molar-refractivity contribution in [3.8, 4) is 16.9 Å². The van der Waals surface area contributed by atoms with Gasteiger partial charge in [0.25, 0.3) is 11.1 Å². The fourth-order valence-corrected chi connectivity index (χ4v) is 4.42. The number of anilines is 2. The van der Waals surface area contributed by atoms with E-state index in [2.05, 4.69) is 27.2 Å². The molecule has 3 aromatic heterocycles. The van der Waals surface area contributed by atoms with Crippen molar-refractivity contribution in [2.75, 3.05) is 5.32 Å². The number of aromatic nitrogens is 6. The summed E-state index contributed by atoms with van der Waals surface area (Å²) >= 11 is 0. The third kappa shape index (κ3) is 4.53. The number of halogens is 1. The maximum atomic E-state index is 15.0. The highest BCUT2D eigenvalue weighted by atomic mass is 19.1. The van der Waals surface area contributed by atoms with Crippen LogP contribution in [0.5, 0.6) is 0 Å². The molecule has 5 aromatic rings. The van der Waals surface area contributed by atoms with Crippen LogP contribution in [0.1, 0.15) is 23.7 Å². The fraction of sp³-hybridized carbons (Fsp3) is 0.179. The highest BCUT2D eigenvalue weighted by Crippen LogP contribution is 2.29. The summed E-state index contributed by atoms with van der Waals surface area (Å²) in [6.45, 7) is 7.00. The van der Waals surface area contributed by atoms with E-state index in [0.29, 0.717) is 39.2 Å². The number of allylic oxidation sites excluding steroid dienone is 1. The average molecular weight is 528 g/mol. The Morgan fingerprint density at radius 2 is 1.85 bits per heavy atom. The number of fused-ring (bicyclic) bond motifs is 1. The van der Waals surface area contributed by atoms with Crippen molar-refractivity contribution in [2.24, 2.45) is 14.1 Å². The molecule has 11 heteroatoms. The summed E-state index contributed by atoms with van der Waals surface area (Å²) in [6.07, 6.45) is 1.40. The number of aliphatic hydroxyl groups excluding tert-OH is 1. The van der Waals surface area contributed by atoms with Crippen LogP contribution in [0.15, 0.2) is 64.8 Å². The van der Waals surface area contributed by atoms with E-state index in [4.69, 9.17) is 0 Å². The Bertz CT molecular complexity index is 1880. The van der Waals surface area contributed by atoms with Gasteiger partial charge in [0.15, 0.2) is 5.82 Å². The Kier molecular flexibility index (Phi) is 6.44. The number of nitrogens with zero attached hydrogens (tertiary/aromatic N) is 6. The van der Waals surface area contributed by atoms with Gasteiger partial charge in [-0.2, -0.15) is 20.0 Å². The van der Waals surface area contributed by atoms with Gasteiger partial charge in [0.2, 0.25) is 0 Å². The number of benzene rings is 2. The van der Waals surface area contributed by atoms with Crippen LogP contribution in [0.4, 0.5) is 15.9 Å². The molecule has 2 N–H and O–H groups in total. The Hall–Kier alpha value is -4.90. The zero-order chi connectivity index (χ0) is 28.0. The number of rotatable bonds is 6. The molecule has 0 saturated carbocycles. The van der Waals surface area contributed by atoms with Crippen molar-refractivity contribution in [3.63, 3.8) is 0 Å². The maximum absolute atomic E-state index is 15.0. The van der Waals surface area contributed by atoms with E-state index < -0.39 is 18.0 Å². The van der Waals surface area contributed by atoms with E-state index in [1.54, 1.807) is 55.1 Å². The molecule has 0 saturated heterocycles. The molecular formula is C28H26FN7O3. The molecule has 0 amide bonds. The van der Waals surface area contributed by atoms with Gasteiger partial charge in [-0.15, -0.1) is 0 Å². The van der Waals surface area contributed by atoms with Crippen LogP contribution in [0.25, 0.3) is 33.3 Å². The second-order valence-electron chi connectivity index (χ2n) is 9.32. The van der Waals surface area contributed by atoms with Gasteiger partial charge in [-0.3, -0.25) is 14.3 Å². The van der Waals surface area contributed by atoms with Crippen LogP contribution in [0.2, 0.25) is 0 Å². The van der Waals surface area contributed by atoms with Crippen LogP contribution in [0.3, 0.4) is 0 Å². The van der Waals surface area contributed by atoms with Gasteiger partial charge in [0.05, 0.1) is 29.6 Å². The second-order valence-corrected chi connectivity index (χ2v) is 9.32. The highest BCUT2D eigenvalue weighted by Gasteiger charge is 2.19. The van der Waals surface area contributed by atoms with E-state index in [1.807, 2.05) is 6.92 Å². The summed E-state index contributed by atoms with van der Waals surface area (Å²) in [5.41, 5.74) is 2.74. The standard InChI is InChI=1S/C28H26FN7O3/c1-15(2)17-10-18-13-30-36(28(39)26(18)21(29)11-17)24-8-6-7-19(20(24)14-37)22-12-23(27(38)35(5)32-22)31-25-9-16(3)34(4)33-25/h6-13,37H,1,14H2,2-5H3,(H,31,33). The lowest BCUT2D eigenvalue weighted by Gasteiger charge is -2.15. The normalized spacial score (nSPS) is 11.2. The van der Waals surface area contributed by atoms with Gasteiger partial charge in [-0.05, 0) is 43.7 Å². The molecule has 39 heavy (non-hydrogen) atoms. The molecule has 0 unspecified atom stereocenters. The largest absolute Gasteiger partial charge is 0.392 e. The molecule has 0 aliphatic rings. The zero-order valence-corrected chi connectivity index (χ0v) is 21.9. The molecule has 10 nitrogen and oxygen atoms in total. The van der Waals surface area contributed by atoms with Crippen molar-refractivity contribution in [1.82, 2.24) is 29.3 Å². The van der Waals surface area contributed by atoms with Crippen molar-refractivity contribution in [2.45, 2.75) is 20.5 Å². The zero-order valence-electron chi connectivity index (χ0n) is 21.9. The Balaban J connectivity index is 1.66. The van der Waals surface area contributed by atoms with Crippen molar-refractivity contribution >= 4 is 27.9 Å². The van der Waals surface area contributed by atoms with Gasteiger partial charge < -0.3 is 10.4 Å². The molecule has 3 heterocycles. The molecule has 0 atom stereocenters. The first-order chi connectivity index (χ1) is 18.6. The van der Waals surface area contributed by atoms with Crippen molar-refractivity contribution < 1.29 is 9.50 Å². The number of aryl methyl sites for hydroxylation is 3. The highest BCUT2D eigenvalue weighted by molar-refractivity contribution is 5.85. The quantitative estimate of drug-likeness (QED) is 0.346. The molecule has 0 radical (unpaired) electrons. The van der Waals surface area contributed by atoms with E-state index in [0.717, 1.165) is 10.4 Å². The van der Waals surface area contributed by atoms with Gasteiger partial charge in [0, 0.05) is 42.4 Å². The first-order valence-corrected chi connectivity index (χ1v) is 12.1. The minimum Gasteiger partial charge on any atom is -0.392 e. The van der Waals surface area contributed by atoms with Crippen LogP contribution >= 0.6 is 0 Å². The van der Waals surface area contributed by atoms with E-state index in [1.165, 1.54) is 24.0 Å². The number of nitrogens with one attached hydrogen (secondary N) is 1. The minimum absolute atomic E-state index is 0.123. The third-order valence-electron chi connectivity index (χ3n) is 6.59. The van der Waals surface area contributed by atoms with Gasteiger partial charge in [-0.1, -0.05) is 24.3 Å². The summed E-state index contributed by atoms with van der Waals surface area (Å²) in [4.78, 5) is 26.2. The first-order valence-electron chi connectivity index (χ1n) is 12.1. The van der Waals surface area contributed by atoms with Gasteiger partial charge >= 0.3 is 0 Å². The summed E-state index contributed by atoms with van der Waals surface area (Å²) < 4.78 is 18.9. The maximum Gasteiger partial charge on any atom is 0.290 e. The van der Waals surface area contributed by atoms with E-state index >= 15 is 4.39 Å². The number of aliphatic hydroxyl groups is 1. The van der Waals surface area contributed by atoms with Crippen LogP contribution in [-0.2, 0) is 20.7 Å². The number of hydrogen-bond donors (Lipinski definition) is 2. The molecule has 198 valence electrons. The van der Waals surface area contributed by atoms with Crippen molar-refractivity contribution in [1.29, 1.82) is 0 Å². The molecular weight excluding hydrogens is 501 g/mol. The van der Waals surface area contributed by atoms with E-state index in [-0.39, 0.29) is 22.3 Å². The van der Waals surface area contributed by atoms with Gasteiger partial charge in [0.1, 0.15) is 11.5 Å². The summed E-state index contributed by atoms with van der Waals surface area (Å²) in [6, 6.07) is 11.3. The van der Waals surface area contributed by atoms with Crippen LogP contribution in [0, 0.1) is 12.7 Å². The summed E-state index contributed by atoms with van der Waals surface area (Å²) in [5, 5.41) is 26.6. The van der Waals surface area contributed by atoms with Crippen molar-refractivity contribution in [3.05, 3.63) is 98.6 Å². The van der Waals surface area contributed by atoms with Gasteiger partial charge in [-0.25, -0.2) is 9.07 Å². The molecule has 0 aliphatic heterocycles. The van der Waals surface area contributed by atoms with E-state index in [9.17, 15) is 14.7 Å². The lowest BCUT2D eigenvalue weighted by atomic mass is 10.0. The second kappa shape index (κ2) is 9.76. The predicted molar refractivity (Wildman–Crippen MR) is 148 cm³/mol. The third-order valence-corrected chi connectivity index (χ3v) is 6.59. The topological polar surface area (TPSA) is 120 Å². The molecule has 0 aliphatic carbocycles. The molecule has 0 fully saturated rings. The SMILES string of the molecule is C=C(C)c1cc(F)c2c(=O)n(-c3cccc(-c4cc(Nc5cc(C)n(C)n5)c(=O)n(C)n4)c3CO)ncc2c1. The Morgan fingerprint density at radius 3 is 2.51 bits per heavy atom. The predicted octanol–water partition coefficient (Wildman–Crippen LogP) is 3.60. The smallest absolute Gasteiger partial charge is 0.290 e. The Morgan fingerprint density at radius 1 is 1.08 bits per heavy atom. The Labute approximate surface area is 222 Å². The summed E-state index contributed by atoms with van der Waals surface area (Å²) in [7, 11) is 3.31. The monoisotopic (exact) mass is 527 g/mol. The lowest BCUT2D eigenvalue weighted by Crippen LogP contribution is -2.24. The van der Waals surface area contributed by atoms with Crippen LogP contribution < -0.4 is 16.4 Å². The average Bonchev–Trinajstić information content (AvgIpc) is 3.22. The first kappa shape index (κ1) is 25.7. The van der Waals surface area contributed by atoms with Crippen LogP contribution in [-0.4, -0.2) is 34.4 Å². The lowest BCUT2D eigenvalue weighted by molar-refractivity contribution is 0.281. The molecule has 2 aromatic carbocycles. The molecule has 5 rings (SSSR count). The molecule has 0 spiro atoms. The fourth-order valence-electron chi connectivity index (χ4n) is 4.42. The molecule has 0 bridgehead atoms. The number of hydrogen-bond acceptors (Lipinski definition) is 7.